The van der Waals surface area contributed by atoms with Crippen molar-refractivity contribution in [1.29, 1.82) is 0 Å². The SMILES string of the molecule is Oc1cccc(C2=CC3C[C@@H]4CC2C[C@H](C3)C4)c1. The maximum atomic E-state index is 9.69. The molecule has 1 N–H and O–H groups in total. The predicted octanol–water partition coefficient (Wildman–Crippen LogP) is 4.23. The van der Waals surface area contributed by atoms with Crippen molar-refractivity contribution in [3.63, 3.8) is 0 Å². The Balaban J connectivity index is 1.76. The van der Waals surface area contributed by atoms with Gasteiger partial charge in [0.2, 0.25) is 0 Å². The van der Waals surface area contributed by atoms with E-state index in [9.17, 15) is 5.11 Å². The van der Waals surface area contributed by atoms with E-state index in [1.165, 1.54) is 43.2 Å². The second-order valence-corrected chi connectivity index (χ2v) is 6.54. The third-order valence-corrected chi connectivity index (χ3v) is 5.21. The van der Waals surface area contributed by atoms with Crippen molar-refractivity contribution < 1.29 is 5.11 Å². The summed E-state index contributed by atoms with van der Waals surface area (Å²) >= 11 is 0. The standard InChI is InChI=1S/C17H20O/c18-16-3-1-2-14(10-16)17-9-13-5-11-4-12(6-13)8-15(17)7-11/h1-3,9-13,15,18H,4-8H2/t11-,12+,13?,15?. The topological polar surface area (TPSA) is 20.2 Å². The van der Waals surface area contributed by atoms with Crippen LogP contribution in [0.25, 0.3) is 5.57 Å². The van der Waals surface area contributed by atoms with E-state index >= 15 is 0 Å². The van der Waals surface area contributed by atoms with Crippen molar-refractivity contribution in [2.45, 2.75) is 32.1 Å². The van der Waals surface area contributed by atoms with Crippen LogP contribution in [0.5, 0.6) is 5.75 Å². The average Bonchev–Trinajstić information content (AvgIpc) is 2.53. The van der Waals surface area contributed by atoms with Crippen LogP contribution in [-0.4, -0.2) is 5.11 Å². The molecule has 1 nitrogen and oxygen atoms in total. The van der Waals surface area contributed by atoms with Crippen molar-refractivity contribution in [1.82, 2.24) is 0 Å². The number of phenols is 1. The lowest BCUT2D eigenvalue weighted by Crippen LogP contribution is -2.27. The number of benzene rings is 1. The van der Waals surface area contributed by atoms with Gasteiger partial charge in [-0.05, 0) is 79.0 Å². The summed E-state index contributed by atoms with van der Waals surface area (Å²) in [7, 11) is 0. The van der Waals surface area contributed by atoms with Gasteiger partial charge in [-0.15, -0.1) is 0 Å². The lowest BCUT2D eigenvalue weighted by molar-refractivity contribution is 0.145. The Morgan fingerprint density at radius 2 is 1.72 bits per heavy atom. The van der Waals surface area contributed by atoms with Crippen molar-refractivity contribution in [2.75, 3.05) is 0 Å². The number of aromatic hydroxyl groups is 1. The molecule has 4 aliphatic carbocycles. The highest BCUT2D eigenvalue weighted by molar-refractivity contribution is 5.69. The van der Waals surface area contributed by atoms with Crippen LogP contribution >= 0.6 is 0 Å². The fourth-order valence-electron chi connectivity index (χ4n) is 4.70. The molecule has 2 unspecified atom stereocenters. The van der Waals surface area contributed by atoms with E-state index in [2.05, 4.69) is 12.1 Å². The fraction of sp³-hybridized carbons (Fsp3) is 0.529. The number of hydrogen-bond acceptors (Lipinski definition) is 1. The molecule has 4 atom stereocenters. The zero-order valence-corrected chi connectivity index (χ0v) is 10.7. The van der Waals surface area contributed by atoms with E-state index in [1.54, 1.807) is 6.07 Å². The quantitative estimate of drug-likeness (QED) is 0.778. The first-order chi connectivity index (χ1) is 8.78. The molecular formula is C17H20O. The van der Waals surface area contributed by atoms with E-state index in [-0.39, 0.29) is 0 Å². The van der Waals surface area contributed by atoms with Gasteiger partial charge < -0.3 is 5.11 Å². The zero-order chi connectivity index (χ0) is 12.1. The molecule has 0 saturated heterocycles. The molecule has 0 amide bonds. The summed E-state index contributed by atoms with van der Waals surface area (Å²) in [5.74, 6) is 3.90. The lowest BCUT2D eigenvalue weighted by Gasteiger charge is -2.39. The summed E-state index contributed by atoms with van der Waals surface area (Å²) in [6.07, 6.45) is 9.61. The van der Waals surface area contributed by atoms with Crippen LogP contribution in [0, 0.1) is 23.7 Å². The van der Waals surface area contributed by atoms with Crippen molar-refractivity contribution in [2.24, 2.45) is 23.7 Å². The monoisotopic (exact) mass is 240 g/mol. The van der Waals surface area contributed by atoms with Crippen LogP contribution in [-0.2, 0) is 0 Å². The summed E-state index contributed by atoms with van der Waals surface area (Å²) in [6.45, 7) is 0. The molecule has 1 aromatic carbocycles. The molecule has 1 aromatic rings. The molecular weight excluding hydrogens is 220 g/mol. The Labute approximate surface area is 109 Å². The molecule has 1 heteroatoms. The van der Waals surface area contributed by atoms with E-state index in [0.717, 1.165) is 23.7 Å². The highest BCUT2D eigenvalue weighted by atomic mass is 16.3. The second kappa shape index (κ2) is 3.88. The summed E-state index contributed by atoms with van der Waals surface area (Å²) in [4.78, 5) is 0. The van der Waals surface area contributed by atoms with Gasteiger partial charge in [-0.3, -0.25) is 0 Å². The third kappa shape index (κ3) is 1.68. The molecule has 0 spiro atoms. The first-order valence-corrected chi connectivity index (χ1v) is 7.29. The Bertz CT molecular complexity index is 488. The molecule has 2 saturated carbocycles. The molecule has 2 fully saturated rings. The number of allylic oxidation sites excluding steroid dienone is 2. The minimum absolute atomic E-state index is 0.400. The maximum Gasteiger partial charge on any atom is 0.116 e. The van der Waals surface area contributed by atoms with Crippen molar-refractivity contribution in [3.8, 4) is 5.75 Å². The van der Waals surface area contributed by atoms with Gasteiger partial charge in [0.25, 0.3) is 0 Å². The lowest BCUT2D eigenvalue weighted by atomic mass is 9.66. The van der Waals surface area contributed by atoms with E-state index in [4.69, 9.17) is 0 Å². The van der Waals surface area contributed by atoms with Crippen LogP contribution in [0.15, 0.2) is 30.3 Å². The first-order valence-electron chi connectivity index (χ1n) is 7.29. The van der Waals surface area contributed by atoms with Gasteiger partial charge in [-0.1, -0.05) is 18.2 Å². The molecule has 0 heterocycles. The Morgan fingerprint density at radius 3 is 2.44 bits per heavy atom. The molecule has 0 aromatic heterocycles. The number of rotatable bonds is 1. The van der Waals surface area contributed by atoms with Crippen molar-refractivity contribution in [3.05, 3.63) is 35.9 Å². The van der Waals surface area contributed by atoms with Crippen LogP contribution in [0.1, 0.15) is 37.7 Å². The Kier molecular flexibility index (Phi) is 2.30. The van der Waals surface area contributed by atoms with Gasteiger partial charge in [0.05, 0.1) is 0 Å². The fourth-order valence-corrected chi connectivity index (χ4v) is 4.70. The molecule has 0 aliphatic heterocycles. The van der Waals surface area contributed by atoms with Gasteiger partial charge in [-0.2, -0.15) is 0 Å². The first kappa shape index (κ1) is 10.7. The summed E-state index contributed by atoms with van der Waals surface area (Å²) in [5.41, 5.74) is 2.79. The highest BCUT2D eigenvalue weighted by Gasteiger charge is 2.39. The third-order valence-electron chi connectivity index (χ3n) is 5.21. The maximum absolute atomic E-state index is 9.69. The second-order valence-electron chi connectivity index (χ2n) is 6.54. The molecule has 4 aliphatic rings. The van der Waals surface area contributed by atoms with Gasteiger partial charge in [-0.25, -0.2) is 0 Å². The van der Waals surface area contributed by atoms with Crippen molar-refractivity contribution >= 4 is 5.57 Å². The van der Waals surface area contributed by atoms with E-state index < -0.39 is 0 Å². The smallest absolute Gasteiger partial charge is 0.116 e. The minimum atomic E-state index is 0.400. The van der Waals surface area contributed by atoms with Gasteiger partial charge >= 0.3 is 0 Å². The van der Waals surface area contributed by atoms with Gasteiger partial charge in [0.1, 0.15) is 5.75 Å². The summed E-state index contributed by atoms with van der Waals surface area (Å²) in [5, 5.41) is 9.69. The Hall–Kier alpha value is -1.24. The molecule has 4 bridgehead atoms. The van der Waals surface area contributed by atoms with Crippen LogP contribution in [0.3, 0.4) is 0 Å². The van der Waals surface area contributed by atoms with E-state index in [0.29, 0.717) is 5.75 Å². The largest absolute Gasteiger partial charge is 0.508 e. The number of hydrogen-bond donors (Lipinski definition) is 1. The minimum Gasteiger partial charge on any atom is -0.508 e. The average molecular weight is 240 g/mol. The molecule has 5 rings (SSSR count). The summed E-state index contributed by atoms with van der Waals surface area (Å²) in [6, 6.07) is 7.85. The van der Waals surface area contributed by atoms with E-state index in [1.807, 2.05) is 12.1 Å². The molecule has 94 valence electrons. The van der Waals surface area contributed by atoms with Gasteiger partial charge in [0.15, 0.2) is 0 Å². The molecule has 18 heavy (non-hydrogen) atoms. The van der Waals surface area contributed by atoms with Gasteiger partial charge in [0, 0.05) is 0 Å². The Morgan fingerprint density at radius 1 is 0.944 bits per heavy atom. The summed E-state index contributed by atoms with van der Waals surface area (Å²) < 4.78 is 0. The van der Waals surface area contributed by atoms with Crippen LogP contribution < -0.4 is 0 Å². The molecule has 0 radical (unpaired) electrons. The highest BCUT2D eigenvalue weighted by Crippen LogP contribution is 2.52. The van der Waals surface area contributed by atoms with Crippen LogP contribution in [0.4, 0.5) is 0 Å². The van der Waals surface area contributed by atoms with Crippen LogP contribution in [0.2, 0.25) is 0 Å². The normalized spacial score (nSPS) is 37.4. The predicted molar refractivity (Wildman–Crippen MR) is 73.1 cm³/mol. The number of phenolic OH excluding ortho intramolecular Hbond substituents is 1. The zero-order valence-electron chi connectivity index (χ0n) is 10.7.